The lowest BCUT2D eigenvalue weighted by atomic mass is 10.1. The van der Waals surface area contributed by atoms with E-state index in [9.17, 15) is 15.2 Å². The van der Waals surface area contributed by atoms with Crippen LogP contribution in [0.5, 0.6) is 0 Å². The molecule has 0 saturated heterocycles. The predicted octanol–water partition coefficient (Wildman–Crippen LogP) is 1.41. The molecule has 0 aliphatic heterocycles. The first kappa shape index (κ1) is 11.3. The fourth-order valence-electron chi connectivity index (χ4n) is 1.62. The Kier molecular flexibility index (Phi) is 2.88. The van der Waals surface area contributed by atoms with Crippen molar-refractivity contribution in [3.8, 4) is 0 Å². The predicted molar refractivity (Wildman–Crippen MR) is 60.4 cm³/mol. The van der Waals surface area contributed by atoms with Gasteiger partial charge in [0.15, 0.2) is 6.10 Å². The van der Waals surface area contributed by atoms with Gasteiger partial charge in [0.1, 0.15) is 6.20 Å². The first-order chi connectivity index (χ1) is 8.11. The Bertz CT molecular complexity index is 536. The molecule has 0 aliphatic rings. The van der Waals surface area contributed by atoms with Gasteiger partial charge in [-0.2, -0.15) is 0 Å². The van der Waals surface area contributed by atoms with Crippen LogP contribution in [-0.4, -0.2) is 19.6 Å². The lowest BCUT2D eigenvalue weighted by molar-refractivity contribution is -0.391. The molecule has 1 aromatic heterocycles. The third-order valence-corrected chi connectivity index (χ3v) is 2.55. The van der Waals surface area contributed by atoms with Crippen molar-refractivity contribution in [2.45, 2.75) is 6.10 Å². The number of aromatic nitrogens is 2. The van der Waals surface area contributed by atoms with Gasteiger partial charge >= 0.3 is 5.82 Å². The summed E-state index contributed by atoms with van der Waals surface area (Å²) in [5.41, 5.74) is 0.649. The fraction of sp³-hybridized carbons (Fsp3) is 0.182. The molecule has 0 bridgehead atoms. The molecule has 6 heteroatoms. The summed E-state index contributed by atoms with van der Waals surface area (Å²) in [5.74, 6) is 0.109. The molecule has 6 nitrogen and oxygen atoms in total. The highest BCUT2D eigenvalue weighted by molar-refractivity contribution is 5.27. The zero-order valence-corrected chi connectivity index (χ0v) is 9.15. The van der Waals surface area contributed by atoms with Gasteiger partial charge in [-0.15, -0.1) is 0 Å². The number of nitrogens with zero attached hydrogens (tertiary/aromatic N) is 3. The Hall–Kier alpha value is -2.21. The van der Waals surface area contributed by atoms with E-state index >= 15 is 0 Å². The van der Waals surface area contributed by atoms with Crippen molar-refractivity contribution in [3.63, 3.8) is 0 Å². The lowest BCUT2D eigenvalue weighted by Crippen LogP contribution is -2.08. The highest BCUT2D eigenvalue weighted by atomic mass is 16.6. The molecule has 0 radical (unpaired) electrons. The van der Waals surface area contributed by atoms with Crippen LogP contribution in [-0.2, 0) is 7.05 Å². The summed E-state index contributed by atoms with van der Waals surface area (Å²) in [6, 6.07) is 8.89. The summed E-state index contributed by atoms with van der Waals surface area (Å²) in [4.78, 5) is 14.0. The first-order valence-corrected chi connectivity index (χ1v) is 5.00. The van der Waals surface area contributed by atoms with E-state index in [4.69, 9.17) is 0 Å². The third-order valence-electron chi connectivity index (χ3n) is 2.55. The zero-order chi connectivity index (χ0) is 12.4. The highest BCUT2D eigenvalue weighted by Crippen LogP contribution is 2.23. The van der Waals surface area contributed by atoms with Crippen molar-refractivity contribution in [2.75, 3.05) is 0 Å². The Labute approximate surface area is 97.3 Å². The van der Waals surface area contributed by atoms with Gasteiger partial charge in [0.25, 0.3) is 0 Å². The number of imidazole rings is 1. The minimum Gasteiger partial charge on any atom is -0.378 e. The van der Waals surface area contributed by atoms with Gasteiger partial charge < -0.3 is 15.2 Å². The van der Waals surface area contributed by atoms with Crippen LogP contribution in [0.4, 0.5) is 5.82 Å². The second-order valence-corrected chi connectivity index (χ2v) is 3.60. The molecule has 0 saturated carbocycles. The molecule has 1 unspecified atom stereocenters. The van der Waals surface area contributed by atoms with E-state index in [1.54, 1.807) is 24.3 Å². The monoisotopic (exact) mass is 233 g/mol. The molecule has 1 heterocycles. The molecule has 0 amide bonds. The first-order valence-electron chi connectivity index (χ1n) is 5.00. The van der Waals surface area contributed by atoms with Crippen LogP contribution < -0.4 is 0 Å². The second-order valence-electron chi connectivity index (χ2n) is 3.60. The summed E-state index contributed by atoms with van der Waals surface area (Å²) in [6.07, 6.45) is 0.177. The molecule has 0 spiro atoms. The summed E-state index contributed by atoms with van der Waals surface area (Å²) in [6.45, 7) is 0. The SMILES string of the molecule is Cn1c([N+](=O)[O-])cnc1C(O)c1ccccc1. The van der Waals surface area contributed by atoms with Crippen molar-refractivity contribution < 1.29 is 10.0 Å². The minimum absolute atomic E-state index is 0.144. The van der Waals surface area contributed by atoms with E-state index in [1.165, 1.54) is 11.6 Å². The molecular weight excluding hydrogens is 222 g/mol. The minimum atomic E-state index is -0.963. The maximum Gasteiger partial charge on any atom is 0.342 e. The highest BCUT2D eigenvalue weighted by Gasteiger charge is 2.23. The third kappa shape index (κ3) is 2.02. The topological polar surface area (TPSA) is 81.2 Å². The molecule has 17 heavy (non-hydrogen) atoms. The molecule has 1 atom stereocenters. The normalized spacial score (nSPS) is 12.4. The summed E-state index contributed by atoms with van der Waals surface area (Å²) in [7, 11) is 1.51. The van der Waals surface area contributed by atoms with Gasteiger partial charge in [0.2, 0.25) is 5.82 Å². The molecule has 88 valence electrons. The Morgan fingerprint density at radius 2 is 2.06 bits per heavy atom. The average molecular weight is 233 g/mol. The number of rotatable bonds is 3. The van der Waals surface area contributed by atoms with Crippen LogP contribution in [0.1, 0.15) is 17.5 Å². The molecule has 1 N–H and O–H groups in total. The van der Waals surface area contributed by atoms with Gasteiger partial charge in [-0.05, 0) is 10.5 Å². The zero-order valence-electron chi connectivity index (χ0n) is 9.15. The van der Waals surface area contributed by atoms with Crippen LogP contribution in [0.25, 0.3) is 0 Å². The average Bonchev–Trinajstić information content (AvgIpc) is 2.71. The largest absolute Gasteiger partial charge is 0.378 e. The molecular formula is C11H11N3O3. The second kappa shape index (κ2) is 4.34. The Morgan fingerprint density at radius 1 is 1.41 bits per heavy atom. The molecule has 0 aliphatic carbocycles. The number of hydrogen-bond acceptors (Lipinski definition) is 4. The molecule has 2 aromatic rings. The van der Waals surface area contributed by atoms with Gasteiger partial charge in [-0.3, -0.25) is 0 Å². The van der Waals surface area contributed by atoms with E-state index in [1.807, 2.05) is 6.07 Å². The van der Waals surface area contributed by atoms with Crippen LogP contribution in [0.3, 0.4) is 0 Å². The van der Waals surface area contributed by atoms with Gasteiger partial charge in [-0.25, -0.2) is 9.55 Å². The standard InChI is InChI=1S/C11H11N3O3/c1-13-9(14(16)17)7-12-11(13)10(15)8-5-3-2-4-6-8/h2-7,10,15H,1H3. The maximum atomic E-state index is 10.7. The van der Waals surface area contributed by atoms with E-state index < -0.39 is 11.0 Å². The van der Waals surface area contributed by atoms with Crippen molar-refractivity contribution in [1.82, 2.24) is 9.55 Å². The number of nitro groups is 1. The summed E-state index contributed by atoms with van der Waals surface area (Å²) in [5, 5.41) is 20.7. The number of hydrogen-bond donors (Lipinski definition) is 1. The fourth-order valence-corrected chi connectivity index (χ4v) is 1.62. The van der Waals surface area contributed by atoms with Gasteiger partial charge in [0.05, 0.1) is 7.05 Å². The van der Waals surface area contributed by atoms with E-state index in [2.05, 4.69) is 4.98 Å². The molecule has 0 fully saturated rings. The lowest BCUT2D eigenvalue weighted by Gasteiger charge is -2.07. The van der Waals surface area contributed by atoms with Gasteiger partial charge in [0, 0.05) is 0 Å². The number of benzene rings is 1. The van der Waals surface area contributed by atoms with E-state index in [0.717, 1.165) is 6.20 Å². The summed E-state index contributed by atoms with van der Waals surface area (Å²) < 4.78 is 1.28. The molecule has 2 rings (SSSR count). The van der Waals surface area contributed by atoms with Crippen molar-refractivity contribution >= 4 is 5.82 Å². The van der Waals surface area contributed by atoms with Gasteiger partial charge in [-0.1, -0.05) is 30.3 Å². The quantitative estimate of drug-likeness (QED) is 0.642. The van der Waals surface area contributed by atoms with Crippen molar-refractivity contribution in [1.29, 1.82) is 0 Å². The van der Waals surface area contributed by atoms with Crippen LogP contribution in [0.15, 0.2) is 36.5 Å². The van der Waals surface area contributed by atoms with Crippen molar-refractivity contribution in [2.24, 2.45) is 7.05 Å². The number of aliphatic hydroxyl groups excluding tert-OH is 1. The maximum absolute atomic E-state index is 10.7. The van der Waals surface area contributed by atoms with E-state index in [0.29, 0.717) is 5.56 Å². The van der Waals surface area contributed by atoms with Crippen LogP contribution >= 0.6 is 0 Å². The van der Waals surface area contributed by atoms with Crippen LogP contribution in [0, 0.1) is 10.1 Å². The molecule has 1 aromatic carbocycles. The Morgan fingerprint density at radius 3 is 2.59 bits per heavy atom. The Balaban J connectivity index is 2.39. The summed E-state index contributed by atoms with van der Waals surface area (Å²) >= 11 is 0. The van der Waals surface area contributed by atoms with E-state index in [-0.39, 0.29) is 11.6 Å². The smallest absolute Gasteiger partial charge is 0.342 e. The van der Waals surface area contributed by atoms with Crippen LogP contribution in [0.2, 0.25) is 0 Å². The van der Waals surface area contributed by atoms with Crippen molar-refractivity contribution in [3.05, 3.63) is 58.0 Å². The number of aliphatic hydroxyl groups is 1.